The topological polar surface area (TPSA) is 42.0 Å². The van der Waals surface area contributed by atoms with Gasteiger partial charge in [-0.2, -0.15) is 0 Å². The van der Waals surface area contributed by atoms with E-state index < -0.39 is 0 Å². The predicted octanol–water partition coefficient (Wildman–Crippen LogP) is 4.43. The average Bonchev–Trinajstić information content (AvgIpc) is 2.91. The van der Waals surface area contributed by atoms with Crippen LogP contribution in [-0.4, -0.2) is 47.1 Å². The second-order valence-corrected chi connectivity index (χ2v) is 8.62. The molecule has 0 spiro atoms. The highest BCUT2D eigenvalue weighted by molar-refractivity contribution is 14.1. The summed E-state index contributed by atoms with van der Waals surface area (Å²) in [5.41, 5.74) is 1.44. The van der Waals surface area contributed by atoms with Gasteiger partial charge in [0.1, 0.15) is 12.3 Å². The van der Waals surface area contributed by atoms with Crippen LogP contribution in [0.4, 0.5) is 0 Å². The third-order valence-electron chi connectivity index (χ3n) is 5.17. The van der Waals surface area contributed by atoms with Gasteiger partial charge in [0.25, 0.3) is 5.91 Å². The number of amides is 1. The predicted molar refractivity (Wildman–Crippen MR) is 127 cm³/mol. The summed E-state index contributed by atoms with van der Waals surface area (Å²) in [4.78, 5) is 16.8. The summed E-state index contributed by atoms with van der Waals surface area (Å²) in [5.74, 6) is 3.69. The fourth-order valence-corrected chi connectivity index (χ4v) is 4.90. The summed E-state index contributed by atoms with van der Waals surface area (Å²) in [5, 5.41) is 0.585. The number of hydrogen-bond acceptors (Lipinski definition) is 4. The van der Waals surface area contributed by atoms with Crippen molar-refractivity contribution >= 4 is 51.9 Å². The second-order valence-electron chi connectivity index (χ2n) is 7.09. The molecule has 7 heteroatoms. The van der Waals surface area contributed by atoms with E-state index in [-0.39, 0.29) is 18.6 Å². The molecular weight excluding hydrogens is 499 g/mol. The number of rotatable bonds is 6. The maximum Gasteiger partial charge on any atom is 0.277 e. The van der Waals surface area contributed by atoms with E-state index in [0.717, 1.165) is 34.8 Å². The second kappa shape index (κ2) is 9.81. The van der Waals surface area contributed by atoms with Crippen molar-refractivity contribution in [1.82, 2.24) is 9.80 Å². The van der Waals surface area contributed by atoms with Gasteiger partial charge in [-0.25, -0.2) is 0 Å². The number of halogens is 1. The van der Waals surface area contributed by atoms with Gasteiger partial charge < -0.3 is 14.4 Å². The lowest BCUT2D eigenvalue weighted by Gasteiger charge is -2.30. The maximum absolute atomic E-state index is 13.2. The van der Waals surface area contributed by atoms with Crippen LogP contribution in [0.15, 0.2) is 17.8 Å². The molecule has 1 saturated carbocycles. The van der Waals surface area contributed by atoms with Gasteiger partial charge in [-0.1, -0.05) is 25.2 Å². The Morgan fingerprint density at radius 1 is 1.31 bits per heavy atom. The van der Waals surface area contributed by atoms with Crippen LogP contribution in [0, 0.1) is 15.9 Å². The van der Waals surface area contributed by atoms with Crippen LogP contribution in [-0.2, 0) is 4.79 Å². The van der Waals surface area contributed by atoms with Gasteiger partial charge in [0.2, 0.25) is 0 Å². The van der Waals surface area contributed by atoms with E-state index >= 15 is 0 Å². The summed E-state index contributed by atoms with van der Waals surface area (Å²) in [6.07, 6.45) is 12.7. The fraction of sp³-hybridized carbons (Fsp3) is 0.455. The Balaban J connectivity index is 1.93. The van der Waals surface area contributed by atoms with Crippen LogP contribution < -0.4 is 9.47 Å². The van der Waals surface area contributed by atoms with Crippen molar-refractivity contribution < 1.29 is 14.3 Å². The Labute approximate surface area is 191 Å². The Morgan fingerprint density at radius 3 is 2.69 bits per heavy atom. The number of hydrogen-bond donors (Lipinski definition) is 0. The lowest BCUT2D eigenvalue weighted by atomic mass is 9.94. The van der Waals surface area contributed by atoms with Crippen LogP contribution in [0.2, 0.25) is 0 Å². The van der Waals surface area contributed by atoms with E-state index in [1.54, 1.807) is 4.90 Å². The quantitative estimate of drug-likeness (QED) is 0.239. The molecule has 1 aromatic carbocycles. The van der Waals surface area contributed by atoms with E-state index in [2.05, 4.69) is 28.5 Å². The summed E-state index contributed by atoms with van der Waals surface area (Å²) >= 11 is 7.80. The number of carbonyl (C=O) groups is 1. The molecule has 0 N–H and O–H groups in total. The molecular formula is C22H25IN2O3S. The molecule has 0 radical (unpaired) electrons. The first-order valence-electron chi connectivity index (χ1n) is 9.83. The summed E-state index contributed by atoms with van der Waals surface area (Å²) in [6, 6.07) is 4.03. The minimum Gasteiger partial charge on any atom is -0.490 e. The number of terminal acetylenes is 1. The molecule has 1 heterocycles. The number of thiocarbonyl (C=S) groups is 1. The molecule has 3 rings (SSSR count). The highest BCUT2D eigenvalue weighted by Gasteiger charge is 2.40. The van der Waals surface area contributed by atoms with Crippen molar-refractivity contribution in [2.45, 2.75) is 45.1 Å². The molecule has 1 aliphatic heterocycles. The monoisotopic (exact) mass is 524 g/mol. The molecule has 1 amide bonds. The first-order valence-corrected chi connectivity index (χ1v) is 11.3. The van der Waals surface area contributed by atoms with Gasteiger partial charge in [0.05, 0.1) is 10.2 Å². The third kappa shape index (κ3) is 4.69. The minimum atomic E-state index is -0.0231. The number of ether oxygens (including phenoxy) is 2. The first-order chi connectivity index (χ1) is 14.0. The molecule has 2 aliphatic rings. The van der Waals surface area contributed by atoms with Crippen LogP contribution in [0.5, 0.6) is 11.5 Å². The minimum absolute atomic E-state index is 0.0231. The van der Waals surface area contributed by atoms with Crippen molar-refractivity contribution in [3.63, 3.8) is 0 Å². The molecule has 1 saturated heterocycles. The van der Waals surface area contributed by atoms with Gasteiger partial charge in [0.15, 0.2) is 16.6 Å². The van der Waals surface area contributed by atoms with Gasteiger partial charge in [-0.05, 0) is 78.3 Å². The molecule has 154 valence electrons. The number of likely N-dealkylation sites (N-methyl/N-ethyl adjacent to an activating group) is 1. The van der Waals surface area contributed by atoms with Gasteiger partial charge in [-0.15, -0.1) is 6.42 Å². The van der Waals surface area contributed by atoms with Crippen molar-refractivity contribution in [3.05, 3.63) is 27.0 Å². The first kappa shape index (κ1) is 21.9. The normalized spacial score (nSPS) is 19.0. The number of nitrogens with zero attached hydrogens (tertiary/aromatic N) is 2. The van der Waals surface area contributed by atoms with E-state index in [4.69, 9.17) is 28.1 Å². The molecule has 0 aromatic heterocycles. The Hall–Kier alpha value is -1.79. The smallest absolute Gasteiger partial charge is 0.277 e. The van der Waals surface area contributed by atoms with Gasteiger partial charge >= 0.3 is 0 Å². The van der Waals surface area contributed by atoms with Crippen molar-refractivity contribution in [2.75, 3.05) is 20.3 Å². The van der Waals surface area contributed by atoms with Crippen LogP contribution in [0.1, 0.15) is 44.6 Å². The zero-order valence-electron chi connectivity index (χ0n) is 16.7. The SMILES string of the molecule is C#CCOc1c(I)cc(/C=C2/C(=O)N(C3CCCCC3)C(=S)N2C)cc1OCC. The van der Waals surface area contributed by atoms with Crippen molar-refractivity contribution in [2.24, 2.45) is 0 Å². The van der Waals surface area contributed by atoms with Gasteiger partial charge in [-0.3, -0.25) is 9.69 Å². The van der Waals surface area contributed by atoms with Crippen LogP contribution in [0.3, 0.4) is 0 Å². The van der Waals surface area contributed by atoms with Crippen LogP contribution in [0.25, 0.3) is 6.08 Å². The molecule has 2 fully saturated rings. The zero-order chi connectivity index (χ0) is 21.0. The van der Waals surface area contributed by atoms with E-state index in [9.17, 15) is 4.79 Å². The third-order valence-corrected chi connectivity index (χ3v) is 6.44. The highest BCUT2D eigenvalue weighted by atomic mass is 127. The molecule has 1 aliphatic carbocycles. The standard InChI is InChI=1S/C22H25IN2O3S/c1-4-11-28-20-17(23)12-15(14-19(20)27-5-2)13-18-21(26)25(22(29)24(18)3)16-9-7-6-8-10-16/h1,12-14,16H,5-11H2,2-3H3/b18-13-. The number of benzene rings is 1. The summed E-state index contributed by atoms with van der Waals surface area (Å²) in [7, 11) is 1.85. The Morgan fingerprint density at radius 2 is 2.03 bits per heavy atom. The molecule has 1 aromatic rings. The molecule has 0 bridgehead atoms. The summed E-state index contributed by atoms with van der Waals surface area (Å²) < 4.78 is 12.3. The van der Waals surface area contributed by atoms with E-state index in [1.165, 1.54) is 6.42 Å². The molecule has 29 heavy (non-hydrogen) atoms. The Kier molecular flexibility index (Phi) is 7.41. The van der Waals surface area contributed by atoms with Crippen molar-refractivity contribution in [3.8, 4) is 23.8 Å². The Bertz CT molecular complexity index is 872. The van der Waals surface area contributed by atoms with Crippen LogP contribution >= 0.6 is 34.8 Å². The molecule has 5 nitrogen and oxygen atoms in total. The van der Waals surface area contributed by atoms with E-state index in [0.29, 0.717) is 28.9 Å². The maximum atomic E-state index is 13.2. The number of carbonyl (C=O) groups excluding carboxylic acids is 1. The lowest BCUT2D eigenvalue weighted by molar-refractivity contribution is -0.124. The lowest BCUT2D eigenvalue weighted by Crippen LogP contribution is -2.41. The molecule has 0 unspecified atom stereocenters. The highest BCUT2D eigenvalue weighted by Crippen LogP contribution is 2.36. The molecule has 0 atom stereocenters. The average molecular weight is 524 g/mol. The summed E-state index contributed by atoms with van der Waals surface area (Å²) in [6.45, 7) is 2.58. The van der Waals surface area contributed by atoms with Gasteiger partial charge in [0, 0.05) is 13.1 Å². The fourth-order valence-electron chi connectivity index (χ4n) is 3.78. The largest absolute Gasteiger partial charge is 0.490 e. The van der Waals surface area contributed by atoms with E-state index in [1.807, 2.05) is 37.1 Å². The van der Waals surface area contributed by atoms with Crippen molar-refractivity contribution in [1.29, 1.82) is 0 Å². The zero-order valence-corrected chi connectivity index (χ0v) is 19.7.